The third-order valence-electron chi connectivity index (χ3n) is 3.89. The highest BCUT2D eigenvalue weighted by Crippen LogP contribution is 2.61. The van der Waals surface area contributed by atoms with E-state index in [1.807, 2.05) is 0 Å². The van der Waals surface area contributed by atoms with Gasteiger partial charge in [-0.25, -0.2) is 0 Å². The van der Waals surface area contributed by atoms with Crippen molar-refractivity contribution in [2.75, 3.05) is 0 Å². The van der Waals surface area contributed by atoms with Gasteiger partial charge in [-0.05, 0) is 29.6 Å². The van der Waals surface area contributed by atoms with Gasteiger partial charge in [-0.1, -0.05) is 41.0 Å². The third kappa shape index (κ3) is 1.45. The zero-order valence-corrected chi connectivity index (χ0v) is 8.65. The molecule has 1 fully saturated rings. The first-order valence-electron chi connectivity index (χ1n) is 5.02. The van der Waals surface area contributed by atoms with Crippen LogP contribution in [0.25, 0.3) is 0 Å². The van der Waals surface area contributed by atoms with Crippen LogP contribution in [0.2, 0.25) is 0 Å². The van der Waals surface area contributed by atoms with Crippen LogP contribution >= 0.6 is 0 Å². The van der Waals surface area contributed by atoms with Crippen LogP contribution in [0.15, 0.2) is 0 Å². The average Bonchev–Trinajstić information content (AvgIpc) is 2.62. The molecule has 3 atom stereocenters. The molecule has 0 nitrogen and oxygen atoms in total. The highest BCUT2D eigenvalue weighted by Gasteiger charge is 2.53. The van der Waals surface area contributed by atoms with E-state index in [0.717, 1.165) is 17.8 Å². The van der Waals surface area contributed by atoms with Crippen molar-refractivity contribution in [1.29, 1.82) is 0 Å². The van der Waals surface area contributed by atoms with E-state index in [4.69, 9.17) is 0 Å². The SMILES string of the molecule is CCC(C)C1(C)CC1C(C)C. The fourth-order valence-corrected chi connectivity index (χ4v) is 2.45. The molecule has 11 heavy (non-hydrogen) atoms. The van der Waals surface area contributed by atoms with Gasteiger partial charge in [0.15, 0.2) is 0 Å². The molecule has 0 aromatic rings. The minimum Gasteiger partial charge on any atom is -0.0651 e. The van der Waals surface area contributed by atoms with Crippen molar-refractivity contribution >= 4 is 0 Å². The molecule has 0 heterocycles. The molecular weight excluding hydrogens is 132 g/mol. The molecule has 3 unspecified atom stereocenters. The molecule has 0 spiro atoms. The Morgan fingerprint density at radius 3 is 2.18 bits per heavy atom. The lowest BCUT2D eigenvalue weighted by Crippen LogP contribution is -2.12. The molecular formula is C11H22. The summed E-state index contributed by atoms with van der Waals surface area (Å²) in [6.07, 6.45) is 2.82. The van der Waals surface area contributed by atoms with Crippen molar-refractivity contribution in [1.82, 2.24) is 0 Å². The summed E-state index contributed by atoms with van der Waals surface area (Å²) in [4.78, 5) is 0. The standard InChI is InChI=1S/C11H22/c1-6-9(4)11(5)7-10(11)8(2)3/h8-10H,6-7H2,1-5H3. The Labute approximate surface area is 71.4 Å². The maximum Gasteiger partial charge on any atom is -0.0266 e. The Hall–Kier alpha value is 0. The summed E-state index contributed by atoms with van der Waals surface area (Å²) in [7, 11) is 0. The van der Waals surface area contributed by atoms with Crippen molar-refractivity contribution in [2.24, 2.45) is 23.2 Å². The topological polar surface area (TPSA) is 0 Å². The van der Waals surface area contributed by atoms with Crippen LogP contribution in [-0.2, 0) is 0 Å². The van der Waals surface area contributed by atoms with Crippen LogP contribution in [0.5, 0.6) is 0 Å². The molecule has 0 aromatic carbocycles. The molecule has 0 radical (unpaired) electrons. The summed E-state index contributed by atoms with van der Waals surface area (Å²) in [5.74, 6) is 2.83. The molecule has 1 rings (SSSR count). The van der Waals surface area contributed by atoms with E-state index >= 15 is 0 Å². The van der Waals surface area contributed by atoms with Crippen LogP contribution in [0.3, 0.4) is 0 Å². The summed E-state index contributed by atoms with van der Waals surface area (Å²) < 4.78 is 0. The fraction of sp³-hybridized carbons (Fsp3) is 1.00. The van der Waals surface area contributed by atoms with Gasteiger partial charge in [-0.15, -0.1) is 0 Å². The van der Waals surface area contributed by atoms with Crippen molar-refractivity contribution < 1.29 is 0 Å². The second-order valence-corrected chi connectivity index (χ2v) is 4.87. The maximum absolute atomic E-state index is 2.46. The van der Waals surface area contributed by atoms with Gasteiger partial charge >= 0.3 is 0 Å². The third-order valence-corrected chi connectivity index (χ3v) is 3.89. The van der Waals surface area contributed by atoms with Crippen LogP contribution in [0, 0.1) is 23.2 Å². The van der Waals surface area contributed by atoms with Gasteiger partial charge in [0, 0.05) is 0 Å². The van der Waals surface area contributed by atoms with Gasteiger partial charge in [-0.3, -0.25) is 0 Å². The van der Waals surface area contributed by atoms with Crippen LogP contribution in [0.4, 0.5) is 0 Å². The normalized spacial score (nSPS) is 39.3. The smallest absolute Gasteiger partial charge is 0.0266 e. The summed E-state index contributed by atoms with van der Waals surface area (Å²) >= 11 is 0. The van der Waals surface area contributed by atoms with Crippen molar-refractivity contribution in [2.45, 2.75) is 47.5 Å². The summed E-state index contributed by atoms with van der Waals surface area (Å²) in [6.45, 7) is 11.9. The van der Waals surface area contributed by atoms with Gasteiger partial charge in [0.1, 0.15) is 0 Å². The predicted molar refractivity (Wildman–Crippen MR) is 50.5 cm³/mol. The summed E-state index contributed by atoms with van der Waals surface area (Å²) in [5, 5.41) is 0. The molecule has 1 saturated carbocycles. The second kappa shape index (κ2) is 2.80. The minimum atomic E-state index is 0.697. The highest BCUT2D eigenvalue weighted by atomic mass is 14.6. The number of rotatable bonds is 3. The molecule has 0 amide bonds. The Bertz CT molecular complexity index is 137. The van der Waals surface area contributed by atoms with E-state index in [1.165, 1.54) is 12.8 Å². The first-order valence-corrected chi connectivity index (χ1v) is 5.02. The highest BCUT2D eigenvalue weighted by molar-refractivity contribution is 5.02. The molecule has 1 aliphatic carbocycles. The van der Waals surface area contributed by atoms with Crippen LogP contribution in [0.1, 0.15) is 47.5 Å². The van der Waals surface area contributed by atoms with Gasteiger partial charge < -0.3 is 0 Å². The summed E-state index contributed by atoms with van der Waals surface area (Å²) in [6, 6.07) is 0. The predicted octanol–water partition coefficient (Wildman–Crippen LogP) is 3.71. The number of hydrogen-bond acceptors (Lipinski definition) is 0. The lowest BCUT2D eigenvalue weighted by atomic mass is 9.85. The fourth-order valence-electron chi connectivity index (χ4n) is 2.45. The van der Waals surface area contributed by atoms with E-state index in [9.17, 15) is 0 Å². The van der Waals surface area contributed by atoms with Crippen LogP contribution < -0.4 is 0 Å². The molecule has 0 heteroatoms. The largest absolute Gasteiger partial charge is 0.0651 e. The van der Waals surface area contributed by atoms with Gasteiger partial charge in [0.05, 0.1) is 0 Å². The van der Waals surface area contributed by atoms with Gasteiger partial charge in [0.25, 0.3) is 0 Å². The van der Waals surface area contributed by atoms with E-state index in [-0.39, 0.29) is 0 Å². The van der Waals surface area contributed by atoms with Crippen molar-refractivity contribution in [3.63, 3.8) is 0 Å². The first-order chi connectivity index (χ1) is 5.02. The number of hydrogen-bond donors (Lipinski definition) is 0. The zero-order valence-electron chi connectivity index (χ0n) is 8.65. The zero-order chi connectivity index (χ0) is 8.65. The molecule has 0 aromatic heterocycles. The lowest BCUT2D eigenvalue weighted by Gasteiger charge is -2.20. The second-order valence-electron chi connectivity index (χ2n) is 4.87. The first kappa shape index (κ1) is 9.09. The Morgan fingerprint density at radius 2 is 1.91 bits per heavy atom. The van der Waals surface area contributed by atoms with E-state index in [1.54, 1.807) is 0 Å². The van der Waals surface area contributed by atoms with Crippen LogP contribution in [-0.4, -0.2) is 0 Å². The Kier molecular flexibility index (Phi) is 2.32. The van der Waals surface area contributed by atoms with Crippen molar-refractivity contribution in [3.8, 4) is 0 Å². The van der Waals surface area contributed by atoms with E-state index < -0.39 is 0 Å². The maximum atomic E-state index is 2.46. The molecule has 1 aliphatic rings. The molecule has 0 aliphatic heterocycles. The quantitative estimate of drug-likeness (QED) is 0.581. The molecule has 0 saturated heterocycles. The van der Waals surface area contributed by atoms with Gasteiger partial charge in [-0.2, -0.15) is 0 Å². The van der Waals surface area contributed by atoms with E-state index in [2.05, 4.69) is 34.6 Å². The lowest BCUT2D eigenvalue weighted by molar-refractivity contribution is 0.294. The Morgan fingerprint density at radius 1 is 1.36 bits per heavy atom. The Balaban J connectivity index is 2.48. The molecule has 0 N–H and O–H groups in total. The van der Waals surface area contributed by atoms with Crippen molar-refractivity contribution in [3.05, 3.63) is 0 Å². The molecule has 66 valence electrons. The van der Waals surface area contributed by atoms with Gasteiger partial charge in [0.2, 0.25) is 0 Å². The molecule has 0 bridgehead atoms. The minimum absolute atomic E-state index is 0.697. The summed E-state index contributed by atoms with van der Waals surface area (Å²) in [5.41, 5.74) is 0.697. The van der Waals surface area contributed by atoms with E-state index in [0.29, 0.717) is 5.41 Å². The monoisotopic (exact) mass is 154 g/mol. The average molecular weight is 154 g/mol.